The van der Waals surface area contributed by atoms with Gasteiger partial charge in [-0.05, 0) is 42.5 Å². The highest BCUT2D eigenvalue weighted by Gasteiger charge is 2.02. The van der Waals surface area contributed by atoms with Crippen molar-refractivity contribution >= 4 is 0 Å². The first-order valence-electron chi connectivity index (χ1n) is 5.91. The Morgan fingerprint density at radius 3 is 2.31 bits per heavy atom. The van der Waals surface area contributed by atoms with Crippen LogP contribution in [0.3, 0.4) is 0 Å². The van der Waals surface area contributed by atoms with Crippen molar-refractivity contribution in [2.45, 2.75) is 26.2 Å². The molecule has 1 nitrogen and oxygen atoms in total. The Labute approximate surface area is 98.7 Å². The van der Waals surface area contributed by atoms with E-state index < -0.39 is 0 Å². The minimum absolute atomic E-state index is 0.751. The molecule has 0 aromatic rings. The van der Waals surface area contributed by atoms with Crippen molar-refractivity contribution in [3.8, 4) is 0 Å². The Balaban J connectivity index is 2.93. The smallest absolute Gasteiger partial charge is 0.00741 e. The zero-order valence-electron chi connectivity index (χ0n) is 10.1. The van der Waals surface area contributed by atoms with E-state index in [0.717, 1.165) is 31.4 Å². The lowest BCUT2D eigenvalue weighted by Crippen LogP contribution is -2.00. The van der Waals surface area contributed by atoms with Crippen LogP contribution in [-0.2, 0) is 0 Å². The molecule has 1 rings (SSSR count). The molecule has 0 atom stereocenters. The topological polar surface area (TPSA) is 26.0 Å². The van der Waals surface area contributed by atoms with E-state index in [9.17, 15) is 0 Å². The average Bonchev–Trinajstić information content (AvgIpc) is 2.37. The number of rotatable bonds is 4. The van der Waals surface area contributed by atoms with Crippen molar-refractivity contribution in [1.82, 2.24) is 0 Å². The molecule has 86 valence electrons. The van der Waals surface area contributed by atoms with Gasteiger partial charge in [0.15, 0.2) is 0 Å². The number of allylic oxidation sites excluding steroid dienone is 9. The van der Waals surface area contributed by atoms with Crippen LogP contribution in [0.4, 0.5) is 0 Å². The van der Waals surface area contributed by atoms with Gasteiger partial charge in [0.05, 0.1) is 0 Å². The molecular formula is C15H21N. The Morgan fingerprint density at radius 2 is 1.75 bits per heavy atom. The van der Waals surface area contributed by atoms with Crippen molar-refractivity contribution in [1.29, 1.82) is 0 Å². The van der Waals surface area contributed by atoms with Crippen LogP contribution in [-0.4, -0.2) is 6.54 Å². The Morgan fingerprint density at radius 1 is 1.12 bits per heavy atom. The van der Waals surface area contributed by atoms with Crippen LogP contribution in [0, 0.1) is 0 Å². The second-order valence-corrected chi connectivity index (χ2v) is 3.92. The van der Waals surface area contributed by atoms with E-state index in [0.29, 0.717) is 0 Å². The summed E-state index contributed by atoms with van der Waals surface area (Å²) in [6.07, 6.45) is 15.7. The van der Waals surface area contributed by atoms with Crippen LogP contribution >= 0.6 is 0 Å². The average molecular weight is 215 g/mol. The van der Waals surface area contributed by atoms with E-state index in [2.05, 4.69) is 37.8 Å². The predicted octanol–water partition coefficient (Wildman–Crippen LogP) is 3.67. The van der Waals surface area contributed by atoms with Gasteiger partial charge in [-0.2, -0.15) is 0 Å². The van der Waals surface area contributed by atoms with Gasteiger partial charge in [0, 0.05) is 0 Å². The SMILES string of the molecule is C=C1C=C\C=C(CCCN)/C(CC)=C\C=C/1. The molecule has 0 amide bonds. The van der Waals surface area contributed by atoms with Crippen LogP contribution in [0.1, 0.15) is 26.2 Å². The van der Waals surface area contributed by atoms with Crippen LogP contribution < -0.4 is 5.73 Å². The zero-order chi connectivity index (χ0) is 11.8. The summed E-state index contributed by atoms with van der Waals surface area (Å²) in [6.45, 7) is 6.88. The molecule has 0 aromatic carbocycles. The number of hydrogen-bond acceptors (Lipinski definition) is 1. The van der Waals surface area contributed by atoms with Crippen molar-refractivity contribution < 1.29 is 0 Å². The molecule has 0 radical (unpaired) electrons. The van der Waals surface area contributed by atoms with E-state index >= 15 is 0 Å². The van der Waals surface area contributed by atoms with Gasteiger partial charge in [-0.25, -0.2) is 0 Å². The molecule has 0 saturated heterocycles. The molecule has 1 aliphatic carbocycles. The standard InChI is InChI=1S/C15H21N/c1-3-14-9-4-7-13(2)8-5-10-15(14)11-6-12-16/h4-5,7-10H,2-3,6,11-12,16H2,1H3/b7-4-,8-5?,14-9-,15-10-. The normalized spacial score (nSPS) is 24.8. The first-order chi connectivity index (χ1) is 7.77. The second-order valence-electron chi connectivity index (χ2n) is 3.92. The van der Waals surface area contributed by atoms with Crippen molar-refractivity contribution in [2.24, 2.45) is 5.73 Å². The predicted molar refractivity (Wildman–Crippen MR) is 72.2 cm³/mol. The van der Waals surface area contributed by atoms with Gasteiger partial charge in [-0.15, -0.1) is 0 Å². The van der Waals surface area contributed by atoms with E-state index in [1.165, 1.54) is 11.1 Å². The Bertz CT molecular complexity index is 354. The van der Waals surface area contributed by atoms with Gasteiger partial charge in [-0.3, -0.25) is 0 Å². The van der Waals surface area contributed by atoms with Gasteiger partial charge in [0.1, 0.15) is 0 Å². The van der Waals surface area contributed by atoms with Gasteiger partial charge < -0.3 is 5.73 Å². The summed E-state index contributed by atoms with van der Waals surface area (Å²) in [6, 6.07) is 0. The molecule has 2 N–H and O–H groups in total. The summed E-state index contributed by atoms with van der Waals surface area (Å²) in [5, 5.41) is 0. The third kappa shape index (κ3) is 4.03. The fourth-order valence-electron chi connectivity index (χ4n) is 1.73. The highest BCUT2D eigenvalue weighted by molar-refractivity contribution is 5.41. The lowest BCUT2D eigenvalue weighted by molar-refractivity contribution is 0.820. The van der Waals surface area contributed by atoms with Gasteiger partial charge in [0.25, 0.3) is 0 Å². The minimum Gasteiger partial charge on any atom is -0.330 e. The highest BCUT2D eigenvalue weighted by Crippen LogP contribution is 2.20. The first kappa shape index (κ1) is 12.7. The highest BCUT2D eigenvalue weighted by atomic mass is 14.5. The summed E-state index contributed by atoms with van der Waals surface area (Å²) in [7, 11) is 0. The molecule has 16 heavy (non-hydrogen) atoms. The van der Waals surface area contributed by atoms with Crippen molar-refractivity contribution in [3.63, 3.8) is 0 Å². The maximum absolute atomic E-state index is 5.56. The maximum Gasteiger partial charge on any atom is -0.00741 e. The van der Waals surface area contributed by atoms with Crippen LogP contribution in [0.25, 0.3) is 0 Å². The lowest BCUT2D eigenvalue weighted by Gasteiger charge is -2.08. The molecule has 0 saturated carbocycles. The summed E-state index contributed by atoms with van der Waals surface area (Å²) in [5.74, 6) is 0. The molecule has 0 unspecified atom stereocenters. The molecule has 0 fully saturated rings. The molecule has 1 aliphatic rings. The number of nitrogens with two attached hydrogens (primary N) is 1. The van der Waals surface area contributed by atoms with Crippen LogP contribution in [0.5, 0.6) is 0 Å². The molecule has 0 heterocycles. The monoisotopic (exact) mass is 215 g/mol. The summed E-state index contributed by atoms with van der Waals surface area (Å²) >= 11 is 0. The summed E-state index contributed by atoms with van der Waals surface area (Å²) in [5.41, 5.74) is 9.38. The summed E-state index contributed by atoms with van der Waals surface area (Å²) < 4.78 is 0. The molecule has 0 bridgehead atoms. The van der Waals surface area contributed by atoms with Crippen LogP contribution in [0.15, 0.2) is 59.8 Å². The Hall–Kier alpha value is -1.34. The fourth-order valence-corrected chi connectivity index (χ4v) is 1.73. The second kappa shape index (κ2) is 7.02. The quantitative estimate of drug-likeness (QED) is 0.760. The van der Waals surface area contributed by atoms with E-state index in [1.54, 1.807) is 0 Å². The third-order valence-corrected chi connectivity index (χ3v) is 2.66. The Kier molecular flexibility index (Phi) is 5.58. The van der Waals surface area contributed by atoms with E-state index in [-0.39, 0.29) is 0 Å². The fraction of sp³-hybridized carbons (Fsp3) is 0.333. The van der Waals surface area contributed by atoms with Crippen molar-refractivity contribution in [2.75, 3.05) is 6.54 Å². The first-order valence-corrected chi connectivity index (χ1v) is 5.91. The van der Waals surface area contributed by atoms with E-state index in [4.69, 9.17) is 5.73 Å². The zero-order valence-corrected chi connectivity index (χ0v) is 10.1. The van der Waals surface area contributed by atoms with Crippen LogP contribution in [0.2, 0.25) is 0 Å². The van der Waals surface area contributed by atoms with E-state index in [1.807, 2.05) is 12.2 Å². The van der Waals surface area contributed by atoms with Gasteiger partial charge in [0.2, 0.25) is 0 Å². The molecule has 0 aromatic heterocycles. The van der Waals surface area contributed by atoms with Gasteiger partial charge >= 0.3 is 0 Å². The third-order valence-electron chi connectivity index (χ3n) is 2.66. The maximum atomic E-state index is 5.56. The lowest BCUT2D eigenvalue weighted by atomic mass is 9.98. The summed E-state index contributed by atoms with van der Waals surface area (Å²) in [4.78, 5) is 0. The minimum atomic E-state index is 0.751. The van der Waals surface area contributed by atoms with Crippen molar-refractivity contribution in [3.05, 3.63) is 59.8 Å². The molecule has 0 spiro atoms. The van der Waals surface area contributed by atoms with Gasteiger partial charge in [-0.1, -0.05) is 50.0 Å². The molecule has 1 heteroatoms. The number of hydrogen-bond donors (Lipinski definition) is 1. The largest absolute Gasteiger partial charge is 0.330 e. The molecule has 0 aliphatic heterocycles. The molecular weight excluding hydrogens is 194 g/mol.